The third-order valence-electron chi connectivity index (χ3n) is 0.673. The molecule has 0 aliphatic rings. The highest BCUT2D eigenvalue weighted by atomic mass is 79.9. The largest absolute Gasteiger partial charge is 0.178 e. The second kappa shape index (κ2) is 4.04. The van der Waals surface area contributed by atoms with Gasteiger partial charge < -0.3 is 0 Å². The molecule has 0 aliphatic heterocycles. The summed E-state index contributed by atoms with van der Waals surface area (Å²) in [5.74, 6) is 0.796. The molecular weight excluding hydrogens is 195 g/mol. The van der Waals surface area contributed by atoms with Gasteiger partial charge in [0.1, 0.15) is 0 Å². The van der Waals surface area contributed by atoms with E-state index >= 15 is 0 Å². The van der Waals surface area contributed by atoms with Crippen molar-refractivity contribution < 1.29 is 0 Å². The Labute approximate surface area is 63.2 Å². The Bertz CT molecular complexity index is 49.0. The number of alkyl halides is 2. The first-order chi connectivity index (χ1) is 3.18. The van der Waals surface area contributed by atoms with Gasteiger partial charge >= 0.3 is 0 Å². The standard InChI is InChI=1S/C4H8BrClS/c1-3(6)4(5)2-7/h3-4,7H,2H2,1H3. The molecular formula is C4H8BrClS. The van der Waals surface area contributed by atoms with E-state index in [-0.39, 0.29) is 5.38 Å². The van der Waals surface area contributed by atoms with Crippen LogP contribution in [-0.2, 0) is 0 Å². The molecule has 0 rings (SSSR count). The lowest BCUT2D eigenvalue weighted by Crippen LogP contribution is -2.10. The van der Waals surface area contributed by atoms with Gasteiger partial charge in [-0.15, -0.1) is 11.6 Å². The number of halogens is 2. The lowest BCUT2D eigenvalue weighted by Gasteiger charge is -2.05. The van der Waals surface area contributed by atoms with Crippen LogP contribution in [0.2, 0.25) is 0 Å². The first-order valence-corrected chi connectivity index (χ1v) is 4.06. The normalized spacial score (nSPS) is 18.9. The minimum Gasteiger partial charge on any atom is -0.178 e. The van der Waals surface area contributed by atoms with Crippen molar-refractivity contribution in [3.8, 4) is 0 Å². The van der Waals surface area contributed by atoms with E-state index in [9.17, 15) is 0 Å². The quantitative estimate of drug-likeness (QED) is 0.517. The van der Waals surface area contributed by atoms with E-state index in [0.29, 0.717) is 4.83 Å². The first kappa shape index (κ1) is 8.12. The molecule has 0 spiro atoms. The second-order valence-corrected chi connectivity index (χ2v) is 3.61. The van der Waals surface area contributed by atoms with Crippen molar-refractivity contribution in [3.05, 3.63) is 0 Å². The summed E-state index contributed by atoms with van der Waals surface area (Å²) in [5, 5.41) is 0.178. The summed E-state index contributed by atoms with van der Waals surface area (Å²) in [6, 6.07) is 0. The predicted octanol–water partition coefficient (Wildman–Crippen LogP) is 2.31. The van der Waals surface area contributed by atoms with Crippen LogP contribution in [0.15, 0.2) is 0 Å². The molecule has 0 saturated heterocycles. The van der Waals surface area contributed by atoms with Crippen LogP contribution >= 0.6 is 40.2 Å². The molecule has 7 heavy (non-hydrogen) atoms. The molecule has 0 saturated carbocycles. The van der Waals surface area contributed by atoms with Gasteiger partial charge in [-0.05, 0) is 6.92 Å². The van der Waals surface area contributed by atoms with Crippen molar-refractivity contribution in [2.75, 3.05) is 5.75 Å². The van der Waals surface area contributed by atoms with Crippen LogP contribution in [0.4, 0.5) is 0 Å². The maximum absolute atomic E-state index is 5.63. The number of hydrogen-bond donors (Lipinski definition) is 1. The Kier molecular flexibility index (Phi) is 4.69. The molecule has 0 radical (unpaired) electrons. The minimum atomic E-state index is 0.178. The van der Waals surface area contributed by atoms with Gasteiger partial charge in [0.25, 0.3) is 0 Å². The molecule has 0 heterocycles. The summed E-state index contributed by atoms with van der Waals surface area (Å²) in [7, 11) is 0. The predicted molar refractivity (Wildman–Crippen MR) is 41.9 cm³/mol. The highest BCUT2D eigenvalue weighted by Crippen LogP contribution is 2.11. The fraction of sp³-hybridized carbons (Fsp3) is 1.00. The van der Waals surface area contributed by atoms with Gasteiger partial charge in [0, 0.05) is 16.0 Å². The van der Waals surface area contributed by atoms with Crippen LogP contribution in [0.3, 0.4) is 0 Å². The van der Waals surface area contributed by atoms with Crippen molar-refractivity contribution in [3.63, 3.8) is 0 Å². The highest BCUT2D eigenvalue weighted by Gasteiger charge is 2.06. The average Bonchev–Trinajstić information content (AvgIpc) is 1.65. The zero-order valence-corrected chi connectivity index (χ0v) is 7.30. The zero-order valence-electron chi connectivity index (χ0n) is 4.06. The summed E-state index contributed by atoms with van der Waals surface area (Å²) in [5.41, 5.74) is 0. The second-order valence-electron chi connectivity index (χ2n) is 1.38. The average molecular weight is 204 g/mol. The van der Waals surface area contributed by atoms with Gasteiger partial charge in [-0.25, -0.2) is 0 Å². The van der Waals surface area contributed by atoms with E-state index in [1.165, 1.54) is 0 Å². The van der Waals surface area contributed by atoms with E-state index in [4.69, 9.17) is 11.6 Å². The van der Waals surface area contributed by atoms with Crippen LogP contribution in [0, 0.1) is 0 Å². The SMILES string of the molecule is CC(Cl)C(Br)CS. The fourth-order valence-electron chi connectivity index (χ4n) is 0.145. The molecule has 3 heteroatoms. The molecule has 44 valence electrons. The van der Waals surface area contributed by atoms with Crippen LogP contribution in [0.5, 0.6) is 0 Å². The summed E-state index contributed by atoms with van der Waals surface area (Å²) in [6.45, 7) is 1.94. The Balaban J connectivity index is 3.14. The van der Waals surface area contributed by atoms with Crippen molar-refractivity contribution >= 4 is 40.2 Å². The topological polar surface area (TPSA) is 0 Å². The van der Waals surface area contributed by atoms with Crippen molar-refractivity contribution in [2.24, 2.45) is 0 Å². The van der Waals surface area contributed by atoms with Gasteiger partial charge in [-0.3, -0.25) is 0 Å². The smallest absolute Gasteiger partial charge is 0.0440 e. The monoisotopic (exact) mass is 202 g/mol. The molecule has 0 aromatic carbocycles. The van der Waals surface area contributed by atoms with Gasteiger partial charge in [0.2, 0.25) is 0 Å². The molecule has 2 unspecified atom stereocenters. The third-order valence-corrected chi connectivity index (χ3v) is 3.29. The number of thiol groups is 1. The van der Waals surface area contributed by atoms with Crippen LogP contribution in [0.25, 0.3) is 0 Å². The third kappa shape index (κ3) is 3.68. The first-order valence-electron chi connectivity index (χ1n) is 2.07. The van der Waals surface area contributed by atoms with E-state index < -0.39 is 0 Å². The molecule has 0 fully saturated rings. The Morgan fingerprint density at radius 2 is 2.29 bits per heavy atom. The van der Waals surface area contributed by atoms with Gasteiger partial charge in [-0.2, -0.15) is 12.6 Å². The summed E-state index contributed by atoms with van der Waals surface area (Å²) in [6.07, 6.45) is 0. The summed E-state index contributed by atoms with van der Waals surface area (Å²) >= 11 is 13.0. The highest BCUT2D eigenvalue weighted by molar-refractivity contribution is 9.09. The van der Waals surface area contributed by atoms with Crippen LogP contribution < -0.4 is 0 Å². The Hall–Kier alpha value is 1.12. The molecule has 0 aliphatic carbocycles. The molecule has 2 atom stereocenters. The molecule has 0 N–H and O–H groups in total. The van der Waals surface area contributed by atoms with Gasteiger partial charge in [-0.1, -0.05) is 15.9 Å². The fourth-order valence-corrected chi connectivity index (χ4v) is 0.675. The van der Waals surface area contributed by atoms with Gasteiger partial charge in [0.15, 0.2) is 0 Å². The van der Waals surface area contributed by atoms with Crippen molar-refractivity contribution in [2.45, 2.75) is 17.1 Å². The summed E-state index contributed by atoms with van der Waals surface area (Å²) < 4.78 is 0. The molecule has 0 aromatic heterocycles. The van der Waals surface area contributed by atoms with E-state index in [1.54, 1.807) is 0 Å². The minimum absolute atomic E-state index is 0.178. The zero-order chi connectivity index (χ0) is 5.86. The van der Waals surface area contributed by atoms with Crippen LogP contribution in [-0.4, -0.2) is 16.0 Å². The van der Waals surface area contributed by atoms with Crippen molar-refractivity contribution in [1.29, 1.82) is 0 Å². The molecule has 0 amide bonds. The maximum Gasteiger partial charge on any atom is 0.0440 e. The summed E-state index contributed by atoms with van der Waals surface area (Å²) in [4.78, 5) is 0.345. The molecule has 0 aromatic rings. The Morgan fingerprint density at radius 1 is 1.86 bits per heavy atom. The lowest BCUT2D eigenvalue weighted by molar-refractivity contribution is 0.944. The molecule has 0 bridgehead atoms. The van der Waals surface area contributed by atoms with E-state index in [0.717, 1.165) is 5.75 Å². The Morgan fingerprint density at radius 3 is 2.29 bits per heavy atom. The molecule has 0 nitrogen and oxygen atoms in total. The number of rotatable bonds is 2. The van der Waals surface area contributed by atoms with E-state index in [1.807, 2.05) is 6.92 Å². The maximum atomic E-state index is 5.63. The van der Waals surface area contributed by atoms with Gasteiger partial charge in [0.05, 0.1) is 0 Å². The lowest BCUT2D eigenvalue weighted by atomic mass is 10.4. The number of hydrogen-bond acceptors (Lipinski definition) is 1. The van der Waals surface area contributed by atoms with E-state index in [2.05, 4.69) is 28.6 Å². The van der Waals surface area contributed by atoms with Crippen LogP contribution in [0.1, 0.15) is 6.92 Å². The van der Waals surface area contributed by atoms with Crippen molar-refractivity contribution in [1.82, 2.24) is 0 Å².